The molecule has 0 aliphatic rings. The highest BCUT2D eigenvalue weighted by molar-refractivity contribution is 7.47. The van der Waals surface area contributed by atoms with Crippen LogP contribution >= 0.6 is 15.6 Å². The van der Waals surface area contributed by atoms with Crippen molar-refractivity contribution in [2.24, 2.45) is 23.7 Å². The van der Waals surface area contributed by atoms with Crippen LogP contribution in [0, 0.1) is 23.7 Å². The van der Waals surface area contributed by atoms with Crippen molar-refractivity contribution in [3.63, 3.8) is 0 Å². The zero-order valence-corrected chi connectivity index (χ0v) is 61.3. The molecular formula is C72H140O17P2. The van der Waals surface area contributed by atoms with Crippen molar-refractivity contribution in [3.8, 4) is 0 Å². The maximum absolute atomic E-state index is 13.0. The van der Waals surface area contributed by atoms with E-state index in [2.05, 4.69) is 55.4 Å². The number of hydrogen-bond acceptors (Lipinski definition) is 15. The van der Waals surface area contributed by atoms with Crippen molar-refractivity contribution in [1.29, 1.82) is 0 Å². The topological polar surface area (TPSA) is 237 Å². The number of phosphoric ester groups is 2. The summed E-state index contributed by atoms with van der Waals surface area (Å²) >= 11 is 0. The minimum Gasteiger partial charge on any atom is -0.462 e. The van der Waals surface area contributed by atoms with Gasteiger partial charge in [0, 0.05) is 25.7 Å². The van der Waals surface area contributed by atoms with Gasteiger partial charge in [-0.1, -0.05) is 306 Å². The molecule has 0 aromatic rings. The molecule has 0 aliphatic heterocycles. The van der Waals surface area contributed by atoms with Gasteiger partial charge in [-0.2, -0.15) is 0 Å². The summed E-state index contributed by atoms with van der Waals surface area (Å²) in [6, 6.07) is 0. The summed E-state index contributed by atoms with van der Waals surface area (Å²) in [4.78, 5) is 72.6. The molecule has 5 atom stereocenters. The average Bonchev–Trinajstić information content (AvgIpc) is 3.62. The number of ether oxygens (including phenoxy) is 4. The monoisotopic (exact) mass is 1340 g/mol. The fourth-order valence-corrected chi connectivity index (χ4v) is 12.4. The van der Waals surface area contributed by atoms with Gasteiger partial charge in [0.05, 0.1) is 26.4 Å². The normalized spacial score (nSPS) is 14.2. The van der Waals surface area contributed by atoms with E-state index in [1.807, 2.05) is 0 Å². The van der Waals surface area contributed by atoms with Gasteiger partial charge in [0.15, 0.2) is 12.2 Å². The van der Waals surface area contributed by atoms with E-state index in [9.17, 15) is 43.2 Å². The predicted octanol–water partition coefficient (Wildman–Crippen LogP) is 20.5. The van der Waals surface area contributed by atoms with Gasteiger partial charge in [-0.05, 0) is 49.4 Å². The Hall–Kier alpha value is -1.94. The van der Waals surface area contributed by atoms with Crippen LogP contribution in [0.3, 0.4) is 0 Å². The van der Waals surface area contributed by atoms with Gasteiger partial charge in [0.1, 0.15) is 19.3 Å². The summed E-state index contributed by atoms with van der Waals surface area (Å²) < 4.78 is 68.3. The maximum atomic E-state index is 13.0. The second-order valence-corrected chi connectivity index (χ2v) is 30.8. The number of phosphoric acid groups is 2. The van der Waals surface area contributed by atoms with Crippen molar-refractivity contribution in [2.75, 3.05) is 39.6 Å². The number of carbonyl (C=O) groups is 4. The number of aliphatic hydroxyl groups excluding tert-OH is 1. The third-order valence-electron chi connectivity index (χ3n) is 16.6. The Morgan fingerprint density at radius 3 is 0.681 bits per heavy atom. The van der Waals surface area contributed by atoms with Gasteiger partial charge in [-0.3, -0.25) is 37.3 Å². The van der Waals surface area contributed by atoms with Crippen LogP contribution in [-0.4, -0.2) is 96.7 Å². The van der Waals surface area contributed by atoms with E-state index in [1.54, 1.807) is 0 Å². The van der Waals surface area contributed by atoms with Crippen molar-refractivity contribution < 1.29 is 80.2 Å². The van der Waals surface area contributed by atoms with Crippen LogP contribution in [0.4, 0.5) is 0 Å². The highest BCUT2D eigenvalue weighted by atomic mass is 31.2. The van der Waals surface area contributed by atoms with Crippen LogP contribution in [0.2, 0.25) is 0 Å². The van der Waals surface area contributed by atoms with E-state index in [-0.39, 0.29) is 25.7 Å². The first-order chi connectivity index (χ1) is 43.6. The summed E-state index contributed by atoms with van der Waals surface area (Å²) in [5, 5.41) is 10.6. The molecule has 0 spiro atoms. The molecule has 19 heteroatoms. The number of esters is 4. The standard InChI is InChI=1S/C72H140O17P2/c1-62(2)48-40-32-24-18-14-11-9-10-12-16-20-28-38-46-54-71(76)88-67(58-82-69(74)52-44-36-27-23-22-26-34-42-50-64(5)6)60-86-90(78,79)84-56-66(73)57-85-91(80,81)87-61-68(59-83-70(75)53-45-37-31-30-35-43-51-65(7)8)89-72(77)55-47-39-29-21-17-13-15-19-25-33-41-49-63(3)4/h62-68,73H,9-61H2,1-8H3,(H,78,79)(H,80,81)/t66-,67-,68-/m1/s1. The largest absolute Gasteiger partial charge is 0.472 e. The second-order valence-electron chi connectivity index (χ2n) is 27.9. The van der Waals surface area contributed by atoms with Crippen LogP contribution in [-0.2, 0) is 65.4 Å². The smallest absolute Gasteiger partial charge is 0.462 e. The van der Waals surface area contributed by atoms with Gasteiger partial charge < -0.3 is 33.8 Å². The Balaban J connectivity index is 5.23. The van der Waals surface area contributed by atoms with E-state index in [0.29, 0.717) is 31.6 Å². The lowest BCUT2D eigenvalue weighted by Gasteiger charge is -2.21. The molecule has 3 N–H and O–H groups in total. The van der Waals surface area contributed by atoms with Gasteiger partial charge >= 0.3 is 39.5 Å². The number of aliphatic hydroxyl groups is 1. The molecule has 0 fully saturated rings. The molecule has 91 heavy (non-hydrogen) atoms. The van der Waals surface area contributed by atoms with Crippen molar-refractivity contribution in [3.05, 3.63) is 0 Å². The first-order valence-corrected chi connectivity index (χ1v) is 40.2. The molecule has 0 aliphatic carbocycles. The predicted molar refractivity (Wildman–Crippen MR) is 367 cm³/mol. The van der Waals surface area contributed by atoms with Gasteiger partial charge in [-0.25, -0.2) is 9.13 Å². The minimum atomic E-state index is -4.95. The summed E-state index contributed by atoms with van der Waals surface area (Å²) in [6.07, 6.45) is 44.6. The number of unbranched alkanes of at least 4 members (excludes halogenated alkanes) is 35. The molecular weight excluding hydrogens is 1200 g/mol. The van der Waals surface area contributed by atoms with Crippen LogP contribution in [0.5, 0.6) is 0 Å². The lowest BCUT2D eigenvalue weighted by molar-refractivity contribution is -0.161. The summed E-state index contributed by atoms with van der Waals surface area (Å²) in [5.41, 5.74) is 0. The summed E-state index contributed by atoms with van der Waals surface area (Å²) in [5.74, 6) is 0.838. The Kier molecular flexibility index (Phi) is 60.3. The van der Waals surface area contributed by atoms with Crippen LogP contribution in [0.25, 0.3) is 0 Å². The minimum absolute atomic E-state index is 0.105. The molecule has 0 rings (SSSR count). The molecule has 2 unspecified atom stereocenters. The zero-order valence-electron chi connectivity index (χ0n) is 59.5. The molecule has 540 valence electrons. The third-order valence-corrected chi connectivity index (χ3v) is 18.5. The molecule has 0 aromatic heterocycles. The second kappa shape index (κ2) is 61.6. The quantitative estimate of drug-likeness (QED) is 0.0222. The summed E-state index contributed by atoms with van der Waals surface area (Å²) in [7, 11) is -9.91. The van der Waals surface area contributed by atoms with E-state index < -0.39 is 97.5 Å². The van der Waals surface area contributed by atoms with Gasteiger partial charge in [0.25, 0.3) is 0 Å². The third kappa shape index (κ3) is 66.5. The molecule has 0 saturated heterocycles. The Morgan fingerprint density at radius 1 is 0.275 bits per heavy atom. The molecule has 0 aromatic carbocycles. The first-order valence-electron chi connectivity index (χ1n) is 37.2. The lowest BCUT2D eigenvalue weighted by Crippen LogP contribution is -2.30. The van der Waals surface area contributed by atoms with E-state index in [4.69, 9.17) is 37.0 Å². The van der Waals surface area contributed by atoms with E-state index in [1.165, 1.54) is 154 Å². The van der Waals surface area contributed by atoms with Gasteiger partial charge in [-0.15, -0.1) is 0 Å². The lowest BCUT2D eigenvalue weighted by atomic mass is 10.0. The Morgan fingerprint density at radius 2 is 0.462 bits per heavy atom. The van der Waals surface area contributed by atoms with E-state index >= 15 is 0 Å². The molecule has 17 nitrogen and oxygen atoms in total. The van der Waals surface area contributed by atoms with Crippen LogP contribution in [0.15, 0.2) is 0 Å². The Labute approximate surface area is 556 Å². The molecule has 0 radical (unpaired) electrons. The first kappa shape index (κ1) is 89.1. The number of rotatable bonds is 69. The van der Waals surface area contributed by atoms with Gasteiger partial charge in [0.2, 0.25) is 0 Å². The molecule has 0 amide bonds. The fourth-order valence-electron chi connectivity index (χ4n) is 10.8. The number of carbonyl (C=O) groups excluding carboxylic acids is 4. The van der Waals surface area contributed by atoms with E-state index in [0.717, 1.165) is 114 Å². The molecule has 0 bridgehead atoms. The number of hydrogen-bond donors (Lipinski definition) is 3. The molecule has 0 saturated carbocycles. The van der Waals surface area contributed by atoms with Crippen LogP contribution < -0.4 is 0 Å². The highest BCUT2D eigenvalue weighted by Crippen LogP contribution is 2.45. The van der Waals surface area contributed by atoms with Crippen molar-refractivity contribution in [2.45, 2.75) is 375 Å². The summed E-state index contributed by atoms with van der Waals surface area (Å²) in [6.45, 7) is 14.1. The Bertz CT molecular complexity index is 1800. The zero-order chi connectivity index (χ0) is 67.5. The average molecular weight is 1340 g/mol. The SMILES string of the molecule is CC(C)CCCCCCCCCCCCCCCCC(=O)O[C@H](COC(=O)CCCCCCCCCCC(C)C)COP(=O)(O)OC[C@@H](O)COP(=O)(O)OC[C@@H](COC(=O)CCCCCCCCC(C)C)OC(=O)CCCCCCCCCCCCCC(C)C. The highest BCUT2D eigenvalue weighted by Gasteiger charge is 2.30. The van der Waals surface area contributed by atoms with Crippen molar-refractivity contribution in [1.82, 2.24) is 0 Å². The fraction of sp³-hybridized carbons (Fsp3) is 0.944. The molecule has 0 heterocycles. The van der Waals surface area contributed by atoms with Crippen LogP contribution in [0.1, 0.15) is 357 Å². The van der Waals surface area contributed by atoms with Crippen molar-refractivity contribution >= 4 is 39.5 Å². The maximum Gasteiger partial charge on any atom is 0.472 e.